The lowest BCUT2D eigenvalue weighted by molar-refractivity contribution is -0.128. The molecule has 0 saturated carbocycles. The summed E-state index contributed by atoms with van der Waals surface area (Å²) in [6, 6.07) is 11.0. The van der Waals surface area contributed by atoms with Crippen LogP contribution in [0, 0.1) is 0 Å². The van der Waals surface area contributed by atoms with Gasteiger partial charge in [0.15, 0.2) is 0 Å². The summed E-state index contributed by atoms with van der Waals surface area (Å²) in [4.78, 5) is 35.1. The van der Waals surface area contributed by atoms with Gasteiger partial charge in [0.25, 0.3) is 5.56 Å². The zero-order chi connectivity index (χ0) is 17.0. The summed E-state index contributed by atoms with van der Waals surface area (Å²) in [6.45, 7) is 3.58. The van der Waals surface area contributed by atoms with Crippen molar-refractivity contribution in [3.63, 3.8) is 0 Å². The van der Waals surface area contributed by atoms with Gasteiger partial charge >= 0.3 is 5.97 Å². The zero-order valence-corrected chi connectivity index (χ0v) is 12.9. The molecule has 0 spiro atoms. The predicted octanol–water partition coefficient (Wildman–Crippen LogP) is 1.60. The molecule has 0 aliphatic heterocycles. The van der Waals surface area contributed by atoms with Crippen LogP contribution >= 0.6 is 0 Å². The molecule has 1 aromatic heterocycles. The molecule has 2 aromatic rings. The van der Waals surface area contributed by atoms with Crippen molar-refractivity contribution in [2.24, 2.45) is 0 Å². The van der Waals surface area contributed by atoms with Crippen LogP contribution in [0.5, 0.6) is 0 Å². The minimum absolute atomic E-state index is 0.191. The van der Waals surface area contributed by atoms with Gasteiger partial charge in [-0.3, -0.25) is 9.59 Å². The molecule has 1 aromatic carbocycles. The summed E-state index contributed by atoms with van der Waals surface area (Å²) >= 11 is 0. The second-order valence-corrected chi connectivity index (χ2v) is 5.65. The van der Waals surface area contributed by atoms with Crippen molar-refractivity contribution in [3.8, 4) is 0 Å². The van der Waals surface area contributed by atoms with E-state index < -0.39 is 11.5 Å². The Balaban J connectivity index is 2.08. The standard InChI is InChI=1S/C17H18N2O4/c1-17(2,19-10-4-3-5-14(19)20)16(23)18-11-12-6-8-13(9-7-12)15(21)22/h3-10H,11H2,1-2H3,(H,18,23)(H,21,22). The van der Waals surface area contributed by atoms with E-state index in [1.165, 1.54) is 22.8 Å². The first-order chi connectivity index (χ1) is 10.8. The molecule has 120 valence electrons. The average molecular weight is 314 g/mol. The van der Waals surface area contributed by atoms with Crippen LogP contribution in [0.1, 0.15) is 29.8 Å². The molecule has 0 radical (unpaired) electrons. The first-order valence-corrected chi connectivity index (χ1v) is 7.11. The van der Waals surface area contributed by atoms with Crippen molar-refractivity contribution in [2.45, 2.75) is 25.9 Å². The molecule has 0 aliphatic rings. The van der Waals surface area contributed by atoms with Crippen LogP contribution in [0.25, 0.3) is 0 Å². The number of carboxylic acids is 1. The van der Waals surface area contributed by atoms with E-state index in [2.05, 4.69) is 5.32 Å². The van der Waals surface area contributed by atoms with E-state index in [1.54, 1.807) is 44.3 Å². The average Bonchev–Trinajstić information content (AvgIpc) is 2.53. The number of pyridine rings is 1. The van der Waals surface area contributed by atoms with Gasteiger partial charge in [-0.05, 0) is 37.6 Å². The molecule has 0 aliphatic carbocycles. The largest absolute Gasteiger partial charge is 0.478 e. The second kappa shape index (κ2) is 6.48. The third-order valence-electron chi connectivity index (χ3n) is 3.63. The molecule has 6 nitrogen and oxygen atoms in total. The van der Waals surface area contributed by atoms with Crippen molar-refractivity contribution in [2.75, 3.05) is 0 Å². The Labute approximate surface area is 133 Å². The number of carbonyl (C=O) groups is 2. The number of aromatic carboxylic acids is 1. The van der Waals surface area contributed by atoms with Gasteiger partial charge in [0.2, 0.25) is 5.91 Å². The van der Waals surface area contributed by atoms with Crippen molar-refractivity contribution in [1.82, 2.24) is 9.88 Å². The van der Waals surface area contributed by atoms with Crippen LogP contribution < -0.4 is 10.9 Å². The van der Waals surface area contributed by atoms with Crippen molar-refractivity contribution < 1.29 is 14.7 Å². The highest BCUT2D eigenvalue weighted by Gasteiger charge is 2.29. The minimum Gasteiger partial charge on any atom is -0.478 e. The number of hydrogen-bond acceptors (Lipinski definition) is 3. The smallest absolute Gasteiger partial charge is 0.335 e. The summed E-state index contributed by atoms with van der Waals surface area (Å²) in [5.74, 6) is -1.29. The fourth-order valence-electron chi connectivity index (χ4n) is 2.16. The highest BCUT2D eigenvalue weighted by Crippen LogP contribution is 2.13. The zero-order valence-electron chi connectivity index (χ0n) is 12.9. The lowest BCUT2D eigenvalue weighted by Gasteiger charge is -2.26. The summed E-state index contributed by atoms with van der Waals surface area (Å²) in [7, 11) is 0. The highest BCUT2D eigenvalue weighted by molar-refractivity contribution is 5.87. The van der Waals surface area contributed by atoms with Gasteiger partial charge in [0.1, 0.15) is 5.54 Å². The number of nitrogens with one attached hydrogen (secondary N) is 1. The number of benzene rings is 1. The van der Waals surface area contributed by atoms with Gasteiger partial charge in [-0.1, -0.05) is 18.2 Å². The van der Waals surface area contributed by atoms with Gasteiger partial charge in [-0.2, -0.15) is 0 Å². The molecular weight excluding hydrogens is 296 g/mol. The summed E-state index contributed by atoms with van der Waals surface area (Å²) in [5.41, 5.74) is -0.312. The summed E-state index contributed by atoms with van der Waals surface area (Å²) in [6.07, 6.45) is 1.57. The predicted molar refractivity (Wildman–Crippen MR) is 85.3 cm³/mol. The van der Waals surface area contributed by atoms with E-state index in [1.807, 2.05) is 0 Å². The molecule has 1 heterocycles. The molecule has 0 bridgehead atoms. The third kappa shape index (κ3) is 3.66. The summed E-state index contributed by atoms with van der Waals surface area (Å²) in [5, 5.41) is 11.6. The molecule has 0 saturated heterocycles. The number of amides is 1. The Bertz CT molecular complexity index is 776. The number of hydrogen-bond donors (Lipinski definition) is 2. The molecule has 2 N–H and O–H groups in total. The lowest BCUT2D eigenvalue weighted by atomic mass is 10.0. The van der Waals surface area contributed by atoms with E-state index in [0.29, 0.717) is 0 Å². The van der Waals surface area contributed by atoms with Crippen LogP contribution in [0.4, 0.5) is 0 Å². The SMILES string of the molecule is CC(C)(C(=O)NCc1ccc(C(=O)O)cc1)n1ccccc1=O. The first-order valence-electron chi connectivity index (χ1n) is 7.11. The maximum atomic E-state index is 12.4. The van der Waals surface area contributed by atoms with Gasteiger partial charge in [-0.25, -0.2) is 4.79 Å². The van der Waals surface area contributed by atoms with Crippen LogP contribution in [0.3, 0.4) is 0 Å². The van der Waals surface area contributed by atoms with Gasteiger partial charge in [0.05, 0.1) is 5.56 Å². The third-order valence-corrected chi connectivity index (χ3v) is 3.63. The molecule has 1 amide bonds. The van der Waals surface area contributed by atoms with Crippen LogP contribution in [-0.2, 0) is 16.9 Å². The second-order valence-electron chi connectivity index (χ2n) is 5.65. The Hall–Kier alpha value is -2.89. The van der Waals surface area contributed by atoms with Gasteiger partial charge < -0.3 is 15.0 Å². The monoisotopic (exact) mass is 314 g/mol. The fourth-order valence-corrected chi connectivity index (χ4v) is 2.16. The topological polar surface area (TPSA) is 88.4 Å². The van der Waals surface area contributed by atoms with E-state index in [0.717, 1.165) is 5.56 Å². The van der Waals surface area contributed by atoms with Crippen molar-refractivity contribution in [1.29, 1.82) is 0 Å². The van der Waals surface area contributed by atoms with E-state index in [9.17, 15) is 14.4 Å². The number of nitrogens with zero attached hydrogens (tertiary/aromatic N) is 1. The molecule has 6 heteroatoms. The van der Waals surface area contributed by atoms with Crippen LogP contribution in [-0.4, -0.2) is 21.6 Å². The number of carboxylic acid groups (broad SMARTS) is 1. The Morgan fingerprint density at radius 3 is 2.35 bits per heavy atom. The Morgan fingerprint density at radius 2 is 1.78 bits per heavy atom. The quantitative estimate of drug-likeness (QED) is 0.877. The number of carbonyl (C=O) groups excluding carboxylic acids is 1. The first kappa shape index (κ1) is 16.5. The maximum Gasteiger partial charge on any atom is 0.335 e. The Morgan fingerprint density at radius 1 is 1.13 bits per heavy atom. The highest BCUT2D eigenvalue weighted by atomic mass is 16.4. The molecule has 23 heavy (non-hydrogen) atoms. The van der Waals surface area contributed by atoms with E-state index in [4.69, 9.17) is 5.11 Å². The minimum atomic E-state index is -1.03. The maximum absolute atomic E-state index is 12.4. The number of rotatable bonds is 5. The molecular formula is C17H18N2O4. The van der Waals surface area contributed by atoms with E-state index in [-0.39, 0.29) is 23.6 Å². The molecule has 0 fully saturated rings. The lowest BCUT2D eigenvalue weighted by Crippen LogP contribution is -2.48. The summed E-state index contributed by atoms with van der Waals surface area (Å²) < 4.78 is 1.37. The number of aromatic nitrogens is 1. The van der Waals surface area contributed by atoms with Crippen LogP contribution in [0.2, 0.25) is 0 Å². The normalized spacial score (nSPS) is 11.0. The fraction of sp³-hybridized carbons (Fsp3) is 0.235. The molecule has 0 unspecified atom stereocenters. The van der Waals surface area contributed by atoms with E-state index >= 15 is 0 Å². The van der Waals surface area contributed by atoms with Gasteiger partial charge in [-0.15, -0.1) is 0 Å². The Kier molecular flexibility index (Phi) is 4.64. The van der Waals surface area contributed by atoms with Crippen molar-refractivity contribution >= 4 is 11.9 Å². The van der Waals surface area contributed by atoms with Crippen molar-refractivity contribution in [3.05, 3.63) is 70.1 Å². The molecule has 0 atom stereocenters. The van der Waals surface area contributed by atoms with Gasteiger partial charge in [0, 0.05) is 18.8 Å². The molecule has 2 rings (SSSR count). The van der Waals surface area contributed by atoms with Crippen LogP contribution in [0.15, 0.2) is 53.5 Å².